The number of carbonyl (C=O) groups is 1. The third kappa shape index (κ3) is 4.61. The van der Waals surface area contributed by atoms with Gasteiger partial charge in [-0.2, -0.15) is 0 Å². The first-order chi connectivity index (χ1) is 10.5. The molecule has 1 aliphatic rings. The van der Waals surface area contributed by atoms with E-state index in [9.17, 15) is 18.0 Å². The first-order valence-electron chi connectivity index (χ1n) is 7.18. The Balaban J connectivity index is 1.94. The molecule has 7 heteroatoms. The summed E-state index contributed by atoms with van der Waals surface area (Å²) in [6.07, 6.45) is -1.14. The average molecular weight is 335 g/mol. The van der Waals surface area contributed by atoms with E-state index in [0.29, 0.717) is 30.1 Å². The van der Waals surface area contributed by atoms with Gasteiger partial charge in [-0.1, -0.05) is 17.7 Å². The molecule has 1 amide bonds. The number of likely N-dealkylation sites (tertiary alicyclic amines) is 1. The van der Waals surface area contributed by atoms with Crippen LogP contribution in [0.15, 0.2) is 18.2 Å². The number of rotatable bonds is 5. The van der Waals surface area contributed by atoms with Crippen molar-refractivity contribution in [3.63, 3.8) is 0 Å². The molecule has 1 unspecified atom stereocenters. The van der Waals surface area contributed by atoms with E-state index in [1.54, 1.807) is 6.07 Å². The third-order valence-corrected chi connectivity index (χ3v) is 4.10. The molecule has 2 rings (SSSR count). The average Bonchev–Trinajstić information content (AvgIpc) is 2.49. The van der Waals surface area contributed by atoms with Crippen LogP contribution in [0.4, 0.5) is 13.2 Å². The van der Waals surface area contributed by atoms with Crippen LogP contribution in [0.2, 0.25) is 5.02 Å². The molecule has 1 fully saturated rings. The lowest BCUT2D eigenvalue weighted by molar-refractivity contribution is -0.127. The van der Waals surface area contributed by atoms with Gasteiger partial charge in [-0.05, 0) is 31.5 Å². The Kier molecular flexibility index (Phi) is 6.08. The van der Waals surface area contributed by atoms with Gasteiger partial charge in [0, 0.05) is 23.7 Å². The van der Waals surface area contributed by atoms with Crippen molar-refractivity contribution in [3.8, 4) is 0 Å². The van der Waals surface area contributed by atoms with Crippen molar-refractivity contribution in [2.24, 2.45) is 5.92 Å². The maximum Gasteiger partial charge on any atom is 0.255 e. The van der Waals surface area contributed by atoms with Gasteiger partial charge < -0.3 is 5.32 Å². The van der Waals surface area contributed by atoms with Crippen LogP contribution in [0, 0.1) is 11.7 Å². The van der Waals surface area contributed by atoms with Crippen LogP contribution < -0.4 is 5.32 Å². The van der Waals surface area contributed by atoms with E-state index in [2.05, 4.69) is 5.32 Å². The minimum atomic E-state index is -2.55. The maximum atomic E-state index is 13.8. The minimum Gasteiger partial charge on any atom is -0.350 e. The molecule has 0 saturated carbocycles. The number of nitrogens with zero attached hydrogens (tertiary/aromatic N) is 1. The van der Waals surface area contributed by atoms with Gasteiger partial charge in [-0.3, -0.25) is 9.69 Å². The zero-order valence-corrected chi connectivity index (χ0v) is 12.8. The van der Waals surface area contributed by atoms with Gasteiger partial charge in [0.05, 0.1) is 12.5 Å². The van der Waals surface area contributed by atoms with Crippen LogP contribution >= 0.6 is 11.6 Å². The molecule has 1 aromatic rings. The molecule has 1 aromatic carbocycles. The van der Waals surface area contributed by atoms with Gasteiger partial charge in [-0.15, -0.1) is 0 Å². The number of hydrogen-bond acceptors (Lipinski definition) is 2. The number of piperidine rings is 1. The molecule has 0 aromatic heterocycles. The summed E-state index contributed by atoms with van der Waals surface area (Å²) >= 11 is 6.00. The molecule has 3 nitrogen and oxygen atoms in total. The van der Waals surface area contributed by atoms with E-state index in [1.807, 2.05) is 4.90 Å². The lowest BCUT2D eigenvalue weighted by Crippen LogP contribution is -2.43. The Hall–Kier alpha value is -1.27. The molecule has 0 radical (unpaired) electrons. The summed E-state index contributed by atoms with van der Waals surface area (Å²) < 4.78 is 38.1. The lowest BCUT2D eigenvalue weighted by Gasteiger charge is -2.32. The summed E-state index contributed by atoms with van der Waals surface area (Å²) in [7, 11) is 0. The topological polar surface area (TPSA) is 32.3 Å². The third-order valence-electron chi connectivity index (χ3n) is 3.75. The number of nitrogens with one attached hydrogen (secondary N) is 1. The normalized spacial score (nSPS) is 19.4. The highest BCUT2D eigenvalue weighted by Crippen LogP contribution is 2.24. The second-order valence-electron chi connectivity index (χ2n) is 5.41. The number of hydrogen-bond donors (Lipinski definition) is 1. The van der Waals surface area contributed by atoms with Gasteiger partial charge in [-0.25, -0.2) is 13.2 Å². The van der Waals surface area contributed by atoms with E-state index in [0.717, 1.165) is 13.0 Å². The molecular weight excluding hydrogens is 317 g/mol. The first-order valence-corrected chi connectivity index (χ1v) is 7.56. The van der Waals surface area contributed by atoms with Gasteiger partial charge in [0.25, 0.3) is 6.43 Å². The fourth-order valence-corrected chi connectivity index (χ4v) is 2.86. The molecule has 1 heterocycles. The van der Waals surface area contributed by atoms with Crippen LogP contribution in [-0.4, -0.2) is 36.9 Å². The quantitative estimate of drug-likeness (QED) is 0.897. The van der Waals surface area contributed by atoms with Gasteiger partial charge >= 0.3 is 0 Å². The first kappa shape index (κ1) is 17.1. The van der Waals surface area contributed by atoms with Crippen molar-refractivity contribution < 1.29 is 18.0 Å². The Morgan fingerprint density at radius 3 is 2.91 bits per heavy atom. The highest BCUT2D eigenvalue weighted by molar-refractivity contribution is 6.31. The monoisotopic (exact) mass is 334 g/mol. The maximum absolute atomic E-state index is 13.8. The second-order valence-corrected chi connectivity index (χ2v) is 5.82. The van der Waals surface area contributed by atoms with Crippen LogP contribution in [0.25, 0.3) is 0 Å². The fraction of sp³-hybridized carbons (Fsp3) is 0.533. The summed E-state index contributed by atoms with van der Waals surface area (Å²) in [6, 6.07) is 4.51. The molecule has 1 atom stereocenters. The van der Waals surface area contributed by atoms with E-state index >= 15 is 0 Å². The summed E-state index contributed by atoms with van der Waals surface area (Å²) in [4.78, 5) is 13.8. The number of halogens is 4. The molecule has 0 bridgehead atoms. The Labute approximate surface area is 132 Å². The van der Waals surface area contributed by atoms with Crippen molar-refractivity contribution in [2.75, 3.05) is 19.6 Å². The van der Waals surface area contributed by atoms with Crippen molar-refractivity contribution >= 4 is 17.5 Å². The summed E-state index contributed by atoms with van der Waals surface area (Å²) in [6.45, 7) is 0.821. The fourth-order valence-electron chi connectivity index (χ4n) is 2.64. The molecule has 1 N–H and O–H groups in total. The van der Waals surface area contributed by atoms with Crippen LogP contribution in [0.3, 0.4) is 0 Å². The lowest BCUT2D eigenvalue weighted by atomic mass is 9.96. The second kappa shape index (κ2) is 7.83. The molecule has 122 valence electrons. The van der Waals surface area contributed by atoms with E-state index in [1.165, 1.54) is 12.1 Å². The smallest absolute Gasteiger partial charge is 0.255 e. The predicted molar refractivity (Wildman–Crippen MR) is 78.4 cm³/mol. The van der Waals surface area contributed by atoms with Gasteiger partial charge in [0.2, 0.25) is 5.91 Å². The molecule has 22 heavy (non-hydrogen) atoms. The van der Waals surface area contributed by atoms with E-state index in [4.69, 9.17) is 11.6 Å². The predicted octanol–water partition coefficient (Wildman–Crippen LogP) is 3.07. The van der Waals surface area contributed by atoms with Gasteiger partial charge in [0.15, 0.2) is 0 Å². The van der Waals surface area contributed by atoms with Gasteiger partial charge in [0.1, 0.15) is 5.82 Å². The Morgan fingerprint density at radius 1 is 1.45 bits per heavy atom. The molecule has 1 saturated heterocycles. The zero-order chi connectivity index (χ0) is 16.1. The Morgan fingerprint density at radius 2 is 2.23 bits per heavy atom. The molecular formula is C15H18ClF3N2O. The van der Waals surface area contributed by atoms with Crippen molar-refractivity contribution in [2.45, 2.75) is 25.8 Å². The van der Waals surface area contributed by atoms with Crippen LogP contribution in [0.5, 0.6) is 0 Å². The summed E-state index contributed by atoms with van der Waals surface area (Å²) in [5.41, 5.74) is 0.401. The molecule has 0 aliphatic carbocycles. The molecule has 0 spiro atoms. The van der Waals surface area contributed by atoms with Crippen LogP contribution in [-0.2, 0) is 11.3 Å². The van der Waals surface area contributed by atoms with Crippen molar-refractivity contribution in [3.05, 3.63) is 34.6 Å². The van der Waals surface area contributed by atoms with E-state index < -0.39 is 13.0 Å². The standard InChI is InChI=1S/C15H18ClF3N2O/c16-12-4-1-5-13(17)11(12)9-21-6-2-3-10(8-21)15(22)20-7-14(18)19/h1,4-5,10,14H,2-3,6-9H2,(H,20,22). The number of alkyl halides is 2. The minimum absolute atomic E-state index is 0.310. The summed E-state index contributed by atoms with van der Waals surface area (Å²) in [5.74, 6) is -1.10. The molecule has 1 aliphatic heterocycles. The zero-order valence-electron chi connectivity index (χ0n) is 12.0. The Bertz CT molecular complexity index is 507. The highest BCUT2D eigenvalue weighted by atomic mass is 35.5. The van der Waals surface area contributed by atoms with Crippen LogP contribution in [0.1, 0.15) is 18.4 Å². The highest BCUT2D eigenvalue weighted by Gasteiger charge is 2.27. The largest absolute Gasteiger partial charge is 0.350 e. The van der Waals surface area contributed by atoms with Crippen molar-refractivity contribution in [1.82, 2.24) is 10.2 Å². The summed E-state index contributed by atoms with van der Waals surface area (Å²) in [5, 5.41) is 2.59. The number of benzene rings is 1. The number of amides is 1. The SMILES string of the molecule is O=C(NCC(F)F)C1CCCN(Cc2c(F)cccc2Cl)C1. The van der Waals surface area contributed by atoms with Crippen molar-refractivity contribution in [1.29, 1.82) is 0 Å². The van der Waals surface area contributed by atoms with E-state index in [-0.39, 0.29) is 17.6 Å². The number of carbonyl (C=O) groups excluding carboxylic acids is 1.